The molecule has 0 bridgehead atoms. The fourth-order valence-electron chi connectivity index (χ4n) is 4.27. The highest BCUT2D eigenvalue weighted by atomic mass is 32.2. The summed E-state index contributed by atoms with van der Waals surface area (Å²) in [4.78, 5) is 0. The Morgan fingerprint density at radius 2 is 1.50 bits per heavy atom. The van der Waals surface area contributed by atoms with E-state index in [0.717, 1.165) is 56.8 Å². The second kappa shape index (κ2) is 8.08. The van der Waals surface area contributed by atoms with E-state index in [1.807, 2.05) is 6.92 Å². The van der Waals surface area contributed by atoms with E-state index in [0.29, 0.717) is 12.6 Å². The Bertz CT molecular complexity index is 425. The van der Waals surface area contributed by atoms with E-state index in [4.69, 9.17) is 5.73 Å². The van der Waals surface area contributed by atoms with Crippen LogP contribution in [-0.2, 0) is 10.3 Å². The zero-order valence-corrected chi connectivity index (χ0v) is 14.6. The van der Waals surface area contributed by atoms with E-state index in [1.165, 1.54) is 23.6 Å². The van der Waals surface area contributed by atoms with E-state index in [-0.39, 0.29) is 6.04 Å². The third-order valence-electron chi connectivity index (χ3n) is 5.52. The molecule has 0 aromatic heterocycles. The summed E-state index contributed by atoms with van der Waals surface area (Å²) >= 11 is 0. The maximum absolute atomic E-state index is 11.5. The van der Waals surface area contributed by atoms with Gasteiger partial charge in [-0.3, -0.25) is 4.55 Å². The molecule has 0 unspecified atom stereocenters. The van der Waals surface area contributed by atoms with Crippen LogP contribution in [0.15, 0.2) is 0 Å². The second-order valence-electron chi connectivity index (χ2n) is 7.28. The van der Waals surface area contributed by atoms with Crippen LogP contribution in [0.25, 0.3) is 0 Å². The first-order valence-electron chi connectivity index (χ1n) is 8.90. The number of nitrogens with zero attached hydrogens (tertiary/aromatic N) is 1. The highest BCUT2D eigenvalue weighted by Crippen LogP contribution is 2.36. The molecule has 0 aromatic rings. The van der Waals surface area contributed by atoms with Crippen LogP contribution in [-0.4, -0.2) is 35.9 Å². The van der Waals surface area contributed by atoms with Gasteiger partial charge in [0.05, 0.1) is 0 Å². The van der Waals surface area contributed by atoms with Crippen LogP contribution in [0.3, 0.4) is 0 Å². The molecule has 6 heteroatoms. The molecule has 0 aliphatic heterocycles. The van der Waals surface area contributed by atoms with Crippen molar-refractivity contribution >= 4 is 10.3 Å². The summed E-state index contributed by atoms with van der Waals surface area (Å²) < 4.78 is 33.7. The van der Waals surface area contributed by atoms with Crippen molar-refractivity contribution < 1.29 is 13.0 Å². The molecule has 22 heavy (non-hydrogen) atoms. The summed E-state index contributed by atoms with van der Waals surface area (Å²) in [5.74, 6) is 1.54. The monoisotopic (exact) mass is 332 g/mol. The van der Waals surface area contributed by atoms with Crippen LogP contribution in [0, 0.1) is 11.8 Å². The van der Waals surface area contributed by atoms with Crippen LogP contribution in [0.2, 0.25) is 0 Å². The fraction of sp³-hybridized carbons (Fsp3) is 1.00. The van der Waals surface area contributed by atoms with Gasteiger partial charge < -0.3 is 5.73 Å². The van der Waals surface area contributed by atoms with Gasteiger partial charge in [-0.15, -0.1) is 0 Å². The number of rotatable bonds is 6. The molecule has 0 amide bonds. The summed E-state index contributed by atoms with van der Waals surface area (Å²) in [5.41, 5.74) is 5.96. The van der Waals surface area contributed by atoms with Crippen molar-refractivity contribution in [3.8, 4) is 0 Å². The van der Waals surface area contributed by atoms with E-state index in [1.54, 1.807) is 0 Å². The Hall–Kier alpha value is -0.170. The standard InChI is InChI=1S/C16H32N2O3S/c1-2-11-18(22(19,20)21)16-9-5-14(6-10-16)12-13-3-7-15(17)8-4-13/h13-16H,2-12,17H2,1H3,(H,19,20,21). The third kappa shape index (κ3) is 5.18. The fourth-order valence-corrected chi connectivity index (χ4v) is 5.27. The molecule has 0 heterocycles. The Morgan fingerprint density at radius 3 is 1.95 bits per heavy atom. The molecule has 0 aromatic carbocycles. The second-order valence-corrected chi connectivity index (χ2v) is 8.64. The molecule has 0 radical (unpaired) electrons. The number of nitrogens with two attached hydrogens (primary N) is 1. The highest BCUT2D eigenvalue weighted by molar-refractivity contribution is 7.83. The van der Waals surface area contributed by atoms with Crippen molar-refractivity contribution in [2.24, 2.45) is 17.6 Å². The summed E-state index contributed by atoms with van der Waals surface area (Å²) in [7, 11) is -4.06. The van der Waals surface area contributed by atoms with Crippen molar-refractivity contribution in [2.75, 3.05) is 6.54 Å². The first-order valence-corrected chi connectivity index (χ1v) is 10.3. The summed E-state index contributed by atoms with van der Waals surface area (Å²) in [6.07, 6.45) is 10.8. The molecule has 0 atom stereocenters. The van der Waals surface area contributed by atoms with Crippen LogP contribution in [0.5, 0.6) is 0 Å². The minimum absolute atomic E-state index is 0.00835. The normalized spacial score (nSPS) is 34.0. The first kappa shape index (κ1) is 18.2. The van der Waals surface area contributed by atoms with Crippen molar-refractivity contribution in [2.45, 2.75) is 83.2 Å². The summed E-state index contributed by atoms with van der Waals surface area (Å²) in [6, 6.07) is 0.398. The van der Waals surface area contributed by atoms with E-state index in [2.05, 4.69) is 0 Å². The van der Waals surface area contributed by atoms with Crippen molar-refractivity contribution in [1.29, 1.82) is 0 Å². The molecule has 2 fully saturated rings. The minimum atomic E-state index is -4.06. The average Bonchev–Trinajstić information content (AvgIpc) is 2.47. The Morgan fingerprint density at radius 1 is 1.00 bits per heavy atom. The molecule has 2 saturated carbocycles. The lowest BCUT2D eigenvalue weighted by molar-refractivity contribution is 0.173. The lowest BCUT2D eigenvalue weighted by Crippen LogP contribution is -2.42. The molecule has 2 aliphatic carbocycles. The Balaban J connectivity index is 1.79. The average molecular weight is 333 g/mol. The molecule has 5 nitrogen and oxygen atoms in total. The van der Waals surface area contributed by atoms with Gasteiger partial charge in [-0.05, 0) is 76.0 Å². The maximum Gasteiger partial charge on any atom is 0.336 e. The molecule has 0 spiro atoms. The van der Waals surface area contributed by atoms with Crippen LogP contribution in [0.1, 0.15) is 71.1 Å². The summed E-state index contributed by atoms with van der Waals surface area (Å²) in [5, 5.41) is 0. The first-order chi connectivity index (χ1) is 10.4. The van der Waals surface area contributed by atoms with Gasteiger partial charge >= 0.3 is 10.3 Å². The zero-order valence-electron chi connectivity index (χ0n) is 13.8. The van der Waals surface area contributed by atoms with Crippen molar-refractivity contribution in [1.82, 2.24) is 4.31 Å². The molecular weight excluding hydrogens is 300 g/mol. The van der Waals surface area contributed by atoms with Gasteiger partial charge in [-0.1, -0.05) is 6.92 Å². The predicted octanol–water partition coefficient (Wildman–Crippen LogP) is 2.97. The third-order valence-corrected chi connectivity index (χ3v) is 6.60. The van der Waals surface area contributed by atoms with Gasteiger partial charge in [0.25, 0.3) is 0 Å². The summed E-state index contributed by atoms with van der Waals surface area (Å²) in [6.45, 7) is 2.37. The van der Waals surface area contributed by atoms with Crippen molar-refractivity contribution in [3.63, 3.8) is 0 Å². The smallest absolute Gasteiger partial charge is 0.328 e. The van der Waals surface area contributed by atoms with E-state index in [9.17, 15) is 13.0 Å². The van der Waals surface area contributed by atoms with Crippen LogP contribution in [0.4, 0.5) is 0 Å². The van der Waals surface area contributed by atoms with Crippen molar-refractivity contribution in [3.05, 3.63) is 0 Å². The van der Waals surface area contributed by atoms with E-state index >= 15 is 0 Å². The van der Waals surface area contributed by atoms with Gasteiger partial charge in [0.1, 0.15) is 0 Å². The lowest BCUT2D eigenvalue weighted by atomic mass is 9.76. The molecule has 130 valence electrons. The molecule has 3 N–H and O–H groups in total. The molecule has 2 aliphatic rings. The largest absolute Gasteiger partial charge is 0.336 e. The van der Waals surface area contributed by atoms with Gasteiger partial charge in [0, 0.05) is 18.6 Å². The molecular formula is C16H32N2O3S. The quantitative estimate of drug-likeness (QED) is 0.732. The van der Waals surface area contributed by atoms with Crippen LogP contribution < -0.4 is 5.73 Å². The van der Waals surface area contributed by atoms with Gasteiger partial charge in [-0.2, -0.15) is 12.7 Å². The lowest BCUT2D eigenvalue weighted by Gasteiger charge is -2.36. The molecule has 2 rings (SSSR count). The molecule has 0 saturated heterocycles. The van der Waals surface area contributed by atoms with Gasteiger partial charge in [0.2, 0.25) is 0 Å². The van der Waals surface area contributed by atoms with Gasteiger partial charge in [-0.25, -0.2) is 0 Å². The SMILES string of the molecule is CCCN(C1CCC(CC2CCC(N)CC2)CC1)S(=O)(=O)O. The zero-order chi connectivity index (χ0) is 16.2. The minimum Gasteiger partial charge on any atom is -0.328 e. The maximum atomic E-state index is 11.5. The Labute approximate surface area is 135 Å². The number of hydrogen-bond acceptors (Lipinski definition) is 3. The predicted molar refractivity (Wildman–Crippen MR) is 88.8 cm³/mol. The topological polar surface area (TPSA) is 83.6 Å². The van der Waals surface area contributed by atoms with Gasteiger partial charge in [0.15, 0.2) is 0 Å². The van der Waals surface area contributed by atoms with Crippen LogP contribution >= 0.6 is 0 Å². The van der Waals surface area contributed by atoms with E-state index < -0.39 is 10.3 Å². The highest BCUT2D eigenvalue weighted by Gasteiger charge is 2.32. The number of hydrogen-bond donors (Lipinski definition) is 2. The Kier molecular flexibility index (Phi) is 6.68.